The number of aliphatic hydroxyl groups is 1. The number of halogens is 1. The van der Waals surface area contributed by atoms with Gasteiger partial charge in [0.1, 0.15) is 16.4 Å². The van der Waals surface area contributed by atoms with Gasteiger partial charge >= 0.3 is 6.03 Å². The van der Waals surface area contributed by atoms with Crippen molar-refractivity contribution in [2.45, 2.75) is 31.9 Å². The number of rotatable bonds is 6. The molecule has 124 valence electrons. The highest BCUT2D eigenvalue weighted by Gasteiger charge is 2.24. The summed E-state index contributed by atoms with van der Waals surface area (Å²) in [6, 6.07) is 5.01. The van der Waals surface area contributed by atoms with Crippen LogP contribution < -0.4 is 10.6 Å². The monoisotopic (exact) mass is 337 g/mol. The molecule has 23 heavy (non-hydrogen) atoms. The Hall–Kier alpha value is -1.99. The van der Waals surface area contributed by atoms with Crippen LogP contribution in [0.4, 0.5) is 9.18 Å². The number of nitrogens with zero attached hydrogens (tertiary/aromatic N) is 1. The largest absolute Gasteiger partial charge is 0.384 e. The zero-order valence-corrected chi connectivity index (χ0v) is 13.9. The number of hydrogen-bond acceptors (Lipinski definition) is 4. The van der Waals surface area contributed by atoms with Crippen LogP contribution in [-0.4, -0.2) is 22.7 Å². The Kier molecular flexibility index (Phi) is 5.68. The lowest BCUT2D eigenvalue weighted by Gasteiger charge is -2.25. The Bertz CT molecular complexity index is 629. The fourth-order valence-electron chi connectivity index (χ4n) is 2.12. The third-order valence-corrected chi connectivity index (χ3v) is 4.41. The van der Waals surface area contributed by atoms with E-state index in [1.165, 1.54) is 35.6 Å². The molecule has 0 aliphatic heterocycles. The minimum absolute atomic E-state index is 0.0127. The second-order valence-electron chi connectivity index (χ2n) is 5.44. The van der Waals surface area contributed by atoms with Gasteiger partial charge in [0.25, 0.3) is 0 Å². The van der Waals surface area contributed by atoms with Crippen molar-refractivity contribution in [1.29, 1.82) is 0 Å². The molecule has 0 aliphatic rings. The maximum Gasteiger partial charge on any atom is 0.315 e. The molecule has 0 bridgehead atoms. The minimum atomic E-state index is -1.28. The van der Waals surface area contributed by atoms with E-state index in [0.29, 0.717) is 5.56 Å². The van der Waals surface area contributed by atoms with Gasteiger partial charge in [0, 0.05) is 11.6 Å². The number of benzene rings is 1. The Morgan fingerprint density at radius 2 is 2.13 bits per heavy atom. The van der Waals surface area contributed by atoms with Gasteiger partial charge in [-0.15, -0.1) is 11.3 Å². The number of carbonyl (C=O) groups is 1. The van der Waals surface area contributed by atoms with E-state index in [0.717, 1.165) is 11.4 Å². The summed E-state index contributed by atoms with van der Waals surface area (Å²) < 4.78 is 12.9. The third-order valence-electron chi connectivity index (χ3n) is 3.52. The predicted octanol–water partition coefficient (Wildman–Crippen LogP) is 2.94. The molecule has 2 aromatic rings. The SMILES string of the molecule is CCC(NC(=O)NCC(C)(O)c1ccc(F)cc1)c1nccs1. The van der Waals surface area contributed by atoms with Gasteiger partial charge in [0.15, 0.2) is 0 Å². The summed E-state index contributed by atoms with van der Waals surface area (Å²) in [6.45, 7) is 3.54. The molecule has 3 N–H and O–H groups in total. The van der Waals surface area contributed by atoms with Crippen molar-refractivity contribution in [1.82, 2.24) is 15.6 Å². The summed E-state index contributed by atoms with van der Waals surface area (Å²) in [6.07, 6.45) is 2.41. The number of amides is 2. The molecule has 0 radical (unpaired) electrons. The van der Waals surface area contributed by atoms with Gasteiger partial charge in [-0.1, -0.05) is 19.1 Å². The van der Waals surface area contributed by atoms with Crippen LogP contribution in [0.2, 0.25) is 0 Å². The van der Waals surface area contributed by atoms with Gasteiger partial charge in [0.05, 0.1) is 12.6 Å². The molecule has 2 amide bonds. The van der Waals surface area contributed by atoms with Gasteiger partial charge in [-0.05, 0) is 31.0 Å². The van der Waals surface area contributed by atoms with Crippen LogP contribution in [0, 0.1) is 5.82 Å². The van der Waals surface area contributed by atoms with Crippen molar-refractivity contribution in [3.8, 4) is 0 Å². The van der Waals surface area contributed by atoms with Crippen molar-refractivity contribution in [3.63, 3.8) is 0 Å². The van der Waals surface area contributed by atoms with Gasteiger partial charge in [0.2, 0.25) is 0 Å². The Balaban J connectivity index is 1.91. The maximum absolute atomic E-state index is 12.9. The molecule has 2 atom stereocenters. The first-order chi connectivity index (χ1) is 10.9. The molecule has 1 aromatic heterocycles. The summed E-state index contributed by atoms with van der Waals surface area (Å²) in [5.74, 6) is -0.371. The van der Waals surface area contributed by atoms with Crippen LogP contribution in [0.15, 0.2) is 35.8 Å². The summed E-state index contributed by atoms with van der Waals surface area (Å²) in [5, 5.41) is 18.6. The van der Waals surface area contributed by atoms with Gasteiger partial charge in [-0.3, -0.25) is 0 Å². The first-order valence-electron chi connectivity index (χ1n) is 7.34. The van der Waals surface area contributed by atoms with Crippen LogP contribution in [0.25, 0.3) is 0 Å². The second kappa shape index (κ2) is 7.52. The van der Waals surface area contributed by atoms with Crippen LogP contribution in [0.3, 0.4) is 0 Å². The molecule has 1 heterocycles. The van der Waals surface area contributed by atoms with Crippen LogP contribution in [0.1, 0.15) is 36.9 Å². The Morgan fingerprint density at radius 3 is 2.70 bits per heavy atom. The average Bonchev–Trinajstić information content (AvgIpc) is 3.05. The highest BCUT2D eigenvalue weighted by atomic mass is 32.1. The first-order valence-corrected chi connectivity index (χ1v) is 8.22. The molecule has 2 rings (SSSR count). The van der Waals surface area contributed by atoms with E-state index >= 15 is 0 Å². The Morgan fingerprint density at radius 1 is 1.43 bits per heavy atom. The van der Waals surface area contributed by atoms with Crippen molar-refractivity contribution in [3.05, 3.63) is 52.2 Å². The third kappa shape index (κ3) is 4.74. The van der Waals surface area contributed by atoms with Gasteiger partial charge in [-0.25, -0.2) is 14.2 Å². The molecule has 0 aliphatic carbocycles. The Labute approximate surface area is 138 Å². The fraction of sp³-hybridized carbons (Fsp3) is 0.375. The quantitative estimate of drug-likeness (QED) is 0.759. The summed E-state index contributed by atoms with van der Waals surface area (Å²) in [7, 11) is 0. The second-order valence-corrected chi connectivity index (χ2v) is 6.37. The fourth-order valence-corrected chi connectivity index (χ4v) is 2.89. The van der Waals surface area contributed by atoms with E-state index in [4.69, 9.17) is 0 Å². The molecular weight excluding hydrogens is 317 g/mol. The number of carbonyl (C=O) groups excluding carboxylic acids is 1. The number of hydrogen-bond donors (Lipinski definition) is 3. The first kappa shape index (κ1) is 17.4. The topological polar surface area (TPSA) is 74.2 Å². The van der Waals surface area contributed by atoms with Gasteiger partial charge < -0.3 is 15.7 Å². The summed E-state index contributed by atoms with van der Waals surface area (Å²) >= 11 is 1.48. The van der Waals surface area contributed by atoms with Crippen LogP contribution in [0.5, 0.6) is 0 Å². The highest BCUT2D eigenvalue weighted by Crippen LogP contribution is 2.21. The molecular formula is C16H20FN3O2S. The van der Waals surface area contributed by atoms with E-state index in [-0.39, 0.29) is 24.4 Å². The van der Waals surface area contributed by atoms with E-state index in [2.05, 4.69) is 15.6 Å². The summed E-state index contributed by atoms with van der Waals surface area (Å²) in [4.78, 5) is 16.2. The zero-order chi connectivity index (χ0) is 16.9. The standard InChI is InChI=1S/C16H20FN3O2S/c1-3-13(14-18-8-9-23-14)20-15(21)19-10-16(2,22)11-4-6-12(17)7-5-11/h4-9,13,22H,3,10H2,1-2H3,(H2,19,20,21). The average molecular weight is 337 g/mol. The number of thiazole rings is 1. The van der Waals surface area contributed by atoms with Crippen LogP contribution >= 0.6 is 11.3 Å². The molecule has 0 saturated carbocycles. The molecule has 7 heteroatoms. The smallest absolute Gasteiger partial charge is 0.315 e. The molecule has 1 aromatic carbocycles. The lowest BCUT2D eigenvalue weighted by atomic mass is 9.96. The molecule has 0 spiro atoms. The lowest BCUT2D eigenvalue weighted by molar-refractivity contribution is 0.0592. The van der Waals surface area contributed by atoms with E-state index in [1.807, 2.05) is 12.3 Å². The zero-order valence-electron chi connectivity index (χ0n) is 13.0. The molecule has 5 nitrogen and oxygen atoms in total. The van der Waals surface area contributed by atoms with Crippen molar-refractivity contribution >= 4 is 17.4 Å². The van der Waals surface area contributed by atoms with Gasteiger partial charge in [-0.2, -0.15) is 0 Å². The van der Waals surface area contributed by atoms with Crippen molar-refractivity contribution in [2.75, 3.05) is 6.54 Å². The summed E-state index contributed by atoms with van der Waals surface area (Å²) in [5.41, 5.74) is -0.750. The normalized spacial score (nSPS) is 14.8. The number of urea groups is 1. The van der Waals surface area contributed by atoms with Crippen LogP contribution in [-0.2, 0) is 5.60 Å². The molecule has 0 saturated heterocycles. The van der Waals surface area contributed by atoms with E-state index < -0.39 is 5.60 Å². The maximum atomic E-state index is 12.9. The van der Waals surface area contributed by atoms with Crippen molar-refractivity contribution < 1.29 is 14.3 Å². The van der Waals surface area contributed by atoms with Crippen molar-refractivity contribution in [2.24, 2.45) is 0 Å². The number of nitrogens with one attached hydrogen (secondary N) is 2. The minimum Gasteiger partial charge on any atom is -0.384 e. The highest BCUT2D eigenvalue weighted by molar-refractivity contribution is 7.09. The van der Waals surface area contributed by atoms with E-state index in [1.54, 1.807) is 13.1 Å². The predicted molar refractivity (Wildman–Crippen MR) is 87.7 cm³/mol. The number of aromatic nitrogens is 1. The lowest BCUT2D eigenvalue weighted by Crippen LogP contribution is -2.44. The molecule has 2 unspecified atom stereocenters. The molecule has 0 fully saturated rings. The van der Waals surface area contributed by atoms with E-state index in [9.17, 15) is 14.3 Å².